The van der Waals surface area contributed by atoms with Crippen LogP contribution in [0.25, 0.3) is 0 Å². The number of amides is 2. The molecule has 0 atom stereocenters. The van der Waals surface area contributed by atoms with E-state index in [1.165, 1.54) is 0 Å². The molecule has 0 fully saturated rings. The minimum Gasteiger partial charge on any atom is -0.386 e. The van der Waals surface area contributed by atoms with Crippen LogP contribution in [0.3, 0.4) is 0 Å². The molecule has 2 rings (SSSR count). The Balaban J connectivity index is 2.01. The minimum absolute atomic E-state index is 0.0439. The number of carbonyl (C=O) groups excluding carboxylic acids is 2. The summed E-state index contributed by atoms with van der Waals surface area (Å²) >= 11 is 0. The topological polar surface area (TPSA) is 351 Å². The van der Waals surface area contributed by atoms with Crippen LogP contribution in [0.4, 0.5) is 11.4 Å². The van der Waals surface area contributed by atoms with Crippen LogP contribution < -0.4 is 50.8 Å². The van der Waals surface area contributed by atoms with Gasteiger partial charge in [0.05, 0.1) is 23.7 Å². The van der Waals surface area contributed by atoms with Crippen molar-refractivity contribution >= 4 is 69.8 Å². The number of nitrogens with one attached hydrogen (secondary N) is 3. The molecule has 0 aliphatic rings. The number of amidine groups is 1. The molecule has 2 amide bonds. The second-order valence-electron chi connectivity index (χ2n) is 11.7. The van der Waals surface area contributed by atoms with Crippen molar-refractivity contribution in [1.82, 2.24) is 0 Å². The van der Waals surface area contributed by atoms with Crippen molar-refractivity contribution in [3.05, 3.63) is 58.7 Å². The van der Waals surface area contributed by atoms with Crippen molar-refractivity contribution in [1.29, 1.82) is 5.41 Å². The predicted octanol–water partition coefficient (Wildman–Crippen LogP) is 1.34. The molecule has 19 nitrogen and oxygen atoms in total. The quantitative estimate of drug-likeness (QED) is 0.0460. The lowest BCUT2D eigenvalue weighted by Crippen LogP contribution is -2.22. The van der Waals surface area contributed by atoms with Gasteiger partial charge in [0.25, 0.3) is 0 Å². The van der Waals surface area contributed by atoms with Crippen LogP contribution in [0, 0.1) is 5.41 Å². The summed E-state index contributed by atoms with van der Waals surface area (Å²) in [5, 5.41) is 36.5. The fourth-order valence-electron chi connectivity index (χ4n) is 4.47. The van der Waals surface area contributed by atoms with Gasteiger partial charge in [0, 0.05) is 46.6 Å². The van der Waals surface area contributed by atoms with Crippen molar-refractivity contribution in [2.75, 3.05) is 17.2 Å². The number of rotatable bonds is 18. The van der Waals surface area contributed by atoms with Gasteiger partial charge in [0.2, 0.25) is 29.7 Å². The predicted molar refractivity (Wildman–Crippen MR) is 211 cm³/mol. The zero-order valence-corrected chi connectivity index (χ0v) is 29.9. The Morgan fingerprint density at radius 3 is 1.15 bits per heavy atom. The van der Waals surface area contributed by atoms with Crippen molar-refractivity contribution < 1.29 is 9.59 Å². The molecule has 0 saturated carbocycles. The van der Waals surface area contributed by atoms with Gasteiger partial charge >= 0.3 is 0 Å². The van der Waals surface area contributed by atoms with E-state index in [4.69, 9.17) is 45.5 Å². The van der Waals surface area contributed by atoms with Gasteiger partial charge in [-0.25, -0.2) is 0 Å². The molecule has 2 aromatic rings. The van der Waals surface area contributed by atoms with Crippen LogP contribution in [0.15, 0.2) is 72.0 Å². The minimum atomic E-state index is -0.194. The molecule has 0 aliphatic carbocycles. The monoisotopic (exact) mass is 715 g/mol. The van der Waals surface area contributed by atoms with Gasteiger partial charge in [-0.2, -0.15) is 15.3 Å². The zero-order chi connectivity index (χ0) is 38.8. The normalized spacial score (nSPS) is 12.1. The Labute approximate surface area is 302 Å². The molecule has 0 aliphatic heterocycles. The lowest BCUT2D eigenvalue weighted by Gasteiger charge is -2.12. The van der Waals surface area contributed by atoms with Gasteiger partial charge in [-0.05, 0) is 82.5 Å². The summed E-state index contributed by atoms with van der Waals surface area (Å²) in [5.74, 6) is -1.01. The SMILES string of the molecule is CC(=NCC(=N)N)c1cc(NC(=O)CCCCCCC(=O)Nc2cc(/C(C)=N\N=C(N)N)cc(/C(C)=N\N=C(N)N)c2)cc(/C(C)=N\N=C(N)N)c1. The fourth-order valence-corrected chi connectivity index (χ4v) is 4.47. The highest BCUT2D eigenvalue weighted by Gasteiger charge is 2.12. The van der Waals surface area contributed by atoms with Crippen LogP contribution in [0.2, 0.25) is 0 Å². The summed E-state index contributed by atoms with van der Waals surface area (Å²) in [5.41, 5.74) is 43.7. The van der Waals surface area contributed by atoms with Crippen LogP contribution in [0.5, 0.6) is 0 Å². The number of nitrogens with zero attached hydrogens (tertiary/aromatic N) is 7. The van der Waals surface area contributed by atoms with Gasteiger partial charge in [0.15, 0.2) is 0 Å². The van der Waals surface area contributed by atoms with E-state index in [-0.39, 0.29) is 54.9 Å². The number of anilines is 2. The lowest BCUT2D eigenvalue weighted by atomic mass is 10.0. The van der Waals surface area contributed by atoms with E-state index in [0.717, 1.165) is 12.8 Å². The molecule has 0 heterocycles. The summed E-state index contributed by atoms with van der Waals surface area (Å²) in [4.78, 5) is 30.0. The summed E-state index contributed by atoms with van der Waals surface area (Å²) in [7, 11) is 0. The Morgan fingerprint density at radius 2 is 0.846 bits per heavy atom. The Bertz CT molecular complexity index is 1770. The highest BCUT2D eigenvalue weighted by atomic mass is 16.2. The van der Waals surface area contributed by atoms with E-state index in [1.54, 1.807) is 58.0 Å². The fraction of sp³-hybridized carbons (Fsp3) is 0.333. The number of nitrogens with two attached hydrogens (primary N) is 7. The number of aliphatic imine (C=N–C) groups is 1. The van der Waals surface area contributed by atoms with Crippen molar-refractivity contribution in [2.24, 2.45) is 75.7 Å². The Kier molecular flexibility index (Phi) is 16.6. The van der Waals surface area contributed by atoms with Gasteiger partial charge < -0.3 is 50.8 Å². The smallest absolute Gasteiger partial charge is 0.224 e. The molecule has 0 unspecified atom stereocenters. The number of carbonyl (C=O) groups is 2. The molecule has 278 valence electrons. The van der Waals surface area contributed by atoms with Gasteiger partial charge in [-0.3, -0.25) is 20.0 Å². The highest BCUT2D eigenvalue weighted by Crippen LogP contribution is 2.20. The second-order valence-corrected chi connectivity index (χ2v) is 11.7. The standard InChI is InChI=1S/C33H49N17O2/c1-18(42-17-28(34)35)22-11-23(19(2)45-48-31(36)37)14-26(13-22)43-29(51)9-7-5-6-8-10-30(52)44-27-15-24(20(3)46-49-32(38)39)12-25(16-27)21(4)47-50-33(40)41/h11-16H,5-10,17H2,1-4H3,(H3,34,35)(H,43,51)(H,44,52)(H4,36,37,48)(H4,38,39,49)(H4,40,41,50)/b42-18?,45-19-,46-20-,47-21-. The average Bonchev–Trinajstić information content (AvgIpc) is 3.08. The molecule has 0 radical (unpaired) electrons. The molecule has 19 heteroatoms. The maximum atomic E-state index is 12.9. The third-order valence-corrected chi connectivity index (χ3v) is 7.10. The number of hydrogen-bond acceptors (Lipinski definition) is 10. The van der Waals surface area contributed by atoms with Crippen molar-refractivity contribution in [3.8, 4) is 0 Å². The maximum Gasteiger partial charge on any atom is 0.224 e. The lowest BCUT2D eigenvalue weighted by molar-refractivity contribution is -0.117. The van der Waals surface area contributed by atoms with Crippen LogP contribution in [0.1, 0.15) is 88.5 Å². The molecule has 0 aromatic heterocycles. The first kappa shape index (κ1) is 41.5. The largest absolute Gasteiger partial charge is 0.386 e. The van der Waals surface area contributed by atoms with Crippen LogP contribution in [-0.4, -0.2) is 64.9 Å². The molecule has 0 saturated heterocycles. The van der Waals surface area contributed by atoms with Gasteiger partial charge in [-0.1, -0.05) is 12.8 Å². The summed E-state index contributed by atoms with van der Waals surface area (Å²) in [6, 6.07) is 10.6. The Morgan fingerprint density at radius 1 is 0.519 bits per heavy atom. The van der Waals surface area contributed by atoms with Crippen molar-refractivity contribution in [3.63, 3.8) is 0 Å². The summed E-state index contributed by atoms with van der Waals surface area (Å²) < 4.78 is 0. The van der Waals surface area contributed by atoms with Gasteiger partial charge in [-0.15, -0.1) is 15.3 Å². The van der Waals surface area contributed by atoms with Crippen molar-refractivity contribution in [2.45, 2.75) is 66.2 Å². The van der Waals surface area contributed by atoms with E-state index in [2.05, 4.69) is 46.2 Å². The van der Waals surface area contributed by atoms with Crippen LogP contribution >= 0.6 is 0 Å². The number of hydrogen-bond donors (Lipinski definition) is 10. The first-order valence-electron chi connectivity index (χ1n) is 16.2. The zero-order valence-electron chi connectivity index (χ0n) is 29.9. The third-order valence-electron chi connectivity index (χ3n) is 7.10. The van der Waals surface area contributed by atoms with E-state index < -0.39 is 0 Å². The van der Waals surface area contributed by atoms with Gasteiger partial charge in [0.1, 0.15) is 5.84 Å². The highest BCUT2D eigenvalue weighted by molar-refractivity contribution is 6.07. The molecule has 0 spiro atoms. The van der Waals surface area contributed by atoms with E-state index in [1.807, 2.05) is 6.07 Å². The number of unbranched alkanes of at least 4 members (excludes halogenated alkanes) is 3. The van der Waals surface area contributed by atoms with Crippen LogP contribution in [-0.2, 0) is 9.59 Å². The molecule has 52 heavy (non-hydrogen) atoms. The van der Waals surface area contributed by atoms with E-state index >= 15 is 0 Å². The van der Waals surface area contributed by atoms with E-state index in [0.29, 0.717) is 69.3 Å². The number of guanidine groups is 3. The first-order valence-corrected chi connectivity index (χ1v) is 16.2. The van der Waals surface area contributed by atoms with E-state index in [9.17, 15) is 9.59 Å². The number of benzene rings is 2. The molecule has 17 N–H and O–H groups in total. The third kappa shape index (κ3) is 15.7. The Hall–Kier alpha value is -6.66. The summed E-state index contributed by atoms with van der Waals surface area (Å²) in [6.07, 6.45) is 3.28. The molecule has 2 aromatic carbocycles. The molecule has 0 bridgehead atoms. The molecular weight excluding hydrogens is 666 g/mol. The molecular formula is C33H49N17O2. The average molecular weight is 716 g/mol. The second kappa shape index (κ2) is 20.8. The first-order chi connectivity index (χ1) is 24.5. The summed E-state index contributed by atoms with van der Waals surface area (Å²) in [6.45, 7) is 6.99. The maximum absolute atomic E-state index is 12.9.